The zero-order valence-corrected chi connectivity index (χ0v) is 18.4. The lowest BCUT2D eigenvalue weighted by Crippen LogP contribution is -2.36. The smallest absolute Gasteiger partial charge is 0.312 e. The number of ether oxygens (including phenoxy) is 1. The van der Waals surface area contributed by atoms with Gasteiger partial charge in [0.25, 0.3) is 0 Å². The van der Waals surface area contributed by atoms with E-state index in [1.807, 2.05) is 79.0 Å². The molecule has 4 rings (SSSR count). The number of rotatable bonds is 9. The Labute approximate surface area is 197 Å². The van der Waals surface area contributed by atoms with Gasteiger partial charge in [0.15, 0.2) is 0 Å². The molecule has 34 heavy (non-hydrogen) atoms. The standard InChI is InChI=1S/C26H25N5O3/c27-26(33)30-24(20-8-7-13-23(14-20)34-22-11-5-2-6-12-22)15-25(32)28-16-19-17-29-31(18-19)21-9-3-1-4-10-21/h1-14,17-18,24H,15-16H2,(H,28,32)(H3,27,30,33). The van der Waals surface area contributed by atoms with Crippen LogP contribution in [0.5, 0.6) is 11.5 Å². The van der Waals surface area contributed by atoms with Crippen LogP contribution in [0.1, 0.15) is 23.6 Å². The van der Waals surface area contributed by atoms with Crippen molar-refractivity contribution in [3.8, 4) is 17.2 Å². The molecule has 1 atom stereocenters. The van der Waals surface area contributed by atoms with Crippen molar-refractivity contribution in [2.75, 3.05) is 0 Å². The van der Waals surface area contributed by atoms with Crippen LogP contribution in [-0.4, -0.2) is 21.7 Å². The van der Waals surface area contributed by atoms with Gasteiger partial charge in [0.05, 0.1) is 24.3 Å². The van der Waals surface area contributed by atoms with Crippen molar-refractivity contribution in [3.05, 3.63) is 108 Å². The summed E-state index contributed by atoms with van der Waals surface area (Å²) in [5.41, 5.74) is 7.86. The molecule has 0 fully saturated rings. The van der Waals surface area contributed by atoms with E-state index in [9.17, 15) is 9.59 Å². The quantitative estimate of drug-likeness (QED) is 0.353. The van der Waals surface area contributed by atoms with Gasteiger partial charge in [0.2, 0.25) is 5.91 Å². The second kappa shape index (κ2) is 10.8. The molecule has 0 aliphatic rings. The molecule has 0 aliphatic carbocycles. The Hall–Kier alpha value is -4.59. The first-order valence-corrected chi connectivity index (χ1v) is 10.8. The molecule has 1 heterocycles. The molecule has 0 radical (unpaired) electrons. The maximum Gasteiger partial charge on any atom is 0.312 e. The second-order valence-corrected chi connectivity index (χ2v) is 7.66. The summed E-state index contributed by atoms with van der Waals surface area (Å²) in [6, 6.07) is 25.0. The van der Waals surface area contributed by atoms with Crippen molar-refractivity contribution < 1.29 is 14.3 Å². The largest absolute Gasteiger partial charge is 0.457 e. The first-order chi connectivity index (χ1) is 16.6. The number of aromatic nitrogens is 2. The van der Waals surface area contributed by atoms with Crippen LogP contribution >= 0.6 is 0 Å². The van der Waals surface area contributed by atoms with Gasteiger partial charge in [-0.1, -0.05) is 48.5 Å². The number of para-hydroxylation sites is 2. The highest BCUT2D eigenvalue weighted by atomic mass is 16.5. The first kappa shape index (κ1) is 22.6. The molecule has 1 aromatic heterocycles. The summed E-state index contributed by atoms with van der Waals surface area (Å²) in [6.07, 6.45) is 3.58. The molecule has 0 saturated carbocycles. The van der Waals surface area contributed by atoms with E-state index in [0.29, 0.717) is 23.6 Å². The Kier molecular flexibility index (Phi) is 7.19. The number of hydrogen-bond donors (Lipinski definition) is 3. The third-order valence-corrected chi connectivity index (χ3v) is 5.09. The van der Waals surface area contributed by atoms with Crippen LogP contribution in [0, 0.1) is 0 Å². The number of carbonyl (C=O) groups is 2. The van der Waals surface area contributed by atoms with Crippen molar-refractivity contribution in [3.63, 3.8) is 0 Å². The lowest BCUT2D eigenvalue weighted by molar-refractivity contribution is -0.121. The van der Waals surface area contributed by atoms with Crippen LogP contribution < -0.4 is 21.1 Å². The topological polar surface area (TPSA) is 111 Å². The van der Waals surface area contributed by atoms with Crippen molar-refractivity contribution in [1.82, 2.24) is 20.4 Å². The van der Waals surface area contributed by atoms with Gasteiger partial charge in [-0.2, -0.15) is 5.10 Å². The molecular formula is C26H25N5O3. The van der Waals surface area contributed by atoms with Gasteiger partial charge in [0, 0.05) is 18.3 Å². The minimum atomic E-state index is -0.712. The number of urea groups is 1. The van der Waals surface area contributed by atoms with E-state index >= 15 is 0 Å². The van der Waals surface area contributed by atoms with Gasteiger partial charge in [-0.05, 0) is 42.0 Å². The number of hydrogen-bond acceptors (Lipinski definition) is 4. The van der Waals surface area contributed by atoms with Crippen molar-refractivity contribution in [2.24, 2.45) is 5.73 Å². The molecule has 172 valence electrons. The van der Waals surface area contributed by atoms with Gasteiger partial charge < -0.3 is 21.1 Å². The Morgan fingerprint density at radius 2 is 1.65 bits per heavy atom. The highest BCUT2D eigenvalue weighted by Gasteiger charge is 2.18. The number of nitrogens with one attached hydrogen (secondary N) is 2. The van der Waals surface area contributed by atoms with E-state index in [1.54, 1.807) is 23.0 Å². The molecule has 0 spiro atoms. The molecule has 8 heteroatoms. The van der Waals surface area contributed by atoms with Crippen LogP contribution in [0.15, 0.2) is 97.3 Å². The zero-order chi connectivity index (χ0) is 23.8. The Balaban J connectivity index is 1.39. The van der Waals surface area contributed by atoms with Gasteiger partial charge in [-0.25, -0.2) is 9.48 Å². The van der Waals surface area contributed by atoms with Crippen LogP contribution in [0.4, 0.5) is 4.79 Å². The fourth-order valence-electron chi connectivity index (χ4n) is 3.47. The first-order valence-electron chi connectivity index (χ1n) is 10.8. The Morgan fingerprint density at radius 1 is 0.941 bits per heavy atom. The van der Waals surface area contributed by atoms with E-state index in [2.05, 4.69) is 15.7 Å². The Bertz CT molecular complexity index is 1240. The van der Waals surface area contributed by atoms with Crippen LogP contribution in [0.3, 0.4) is 0 Å². The molecule has 8 nitrogen and oxygen atoms in total. The fraction of sp³-hybridized carbons (Fsp3) is 0.115. The van der Waals surface area contributed by atoms with Gasteiger partial charge in [-0.15, -0.1) is 0 Å². The summed E-state index contributed by atoms with van der Waals surface area (Å²) >= 11 is 0. The number of carbonyl (C=O) groups excluding carboxylic acids is 2. The minimum Gasteiger partial charge on any atom is -0.457 e. The lowest BCUT2D eigenvalue weighted by atomic mass is 10.0. The summed E-state index contributed by atoms with van der Waals surface area (Å²) in [7, 11) is 0. The van der Waals surface area contributed by atoms with E-state index in [-0.39, 0.29) is 12.3 Å². The molecule has 4 aromatic rings. The zero-order valence-electron chi connectivity index (χ0n) is 18.4. The number of nitrogens with zero attached hydrogens (tertiary/aromatic N) is 2. The third kappa shape index (κ3) is 6.23. The fourth-order valence-corrected chi connectivity index (χ4v) is 3.47. The number of primary amides is 1. The van der Waals surface area contributed by atoms with E-state index in [1.165, 1.54) is 0 Å². The van der Waals surface area contributed by atoms with Crippen molar-refractivity contribution >= 4 is 11.9 Å². The summed E-state index contributed by atoms with van der Waals surface area (Å²) in [6.45, 7) is 0.312. The normalized spacial score (nSPS) is 11.4. The average Bonchev–Trinajstić information content (AvgIpc) is 3.33. The number of nitrogens with two attached hydrogens (primary N) is 1. The number of benzene rings is 3. The summed E-state index contributed by atoms with van der Waals surface area (Å²) < 4.78 is 7.62. The highest BCUT2D eigenvalue weighted by molar-refractivity contribution is 5.78. The molecule has 4 N–H and O–H groups in total. The second-order valence-electron chi connectivity index (χ2n) is 7.66. The maximum atomic E-state index is 12.7. The molecule has 3 aromatic carbocycles. The van der Waals surface area contributed by atoms with Gasteiger partial charge >= 0.3 is 6.03 Å². The summed E-state index contributed by atoms with van der Waals surface area (Å²) in [4.78, 5) is 24.3. The molecule has 3 amide bonds. The Morgan fingerprint density at radius 3 is 2.38 bits per heavy atom. The predicted octanol–water partition coefficient (Wildman–Crippen LogP) is 4.08. The SMILES string of the molecule is NC(=O)NC(CC(=O)NCc1cnn(-c2ccccc2)c1)c1cccc(Oc2ccccc2)c1. The molecular weight excluding hydrogens is 430 g/mol. The average molecular weight is 456 g/mol. The predicted molar refractivity (Wildman–Crippen MR) is 128 cm³/mol. The van der Waals surface area contributed by atoms with Crippen LogP contribution in [0.25, 0.3) is 5.69 Å². The van der Waals surface area contributed by atoms with E-state index < -0.39 is 12.1 Å². The highest BCUT2D eigenvalue weighted by Crippen LogP contribution is 2.26. The van der Waals surface area contributed by atoms with Crippen LogP contribution in [0.2, 0.25) is 0 Å². The van der Waals surface area contributed by atoms with Crippen LogP contribution in [-0.2, 0) is 11.3 Å². The van der Waals surface area contributed by atoms with Gasteiger partial charge in [-0.3, -0.25) is 4.79 Å². The van der Waals surface area contributed by atoms with E-state index in [0.717, 1.165) is 11.3 Å². The van der Waals surface area contributed by atoms with Crippen molar-refractivity contribution in [2.45, 2.75) is 19.0 Å². The minimum absolute atomic E-state index is 0.0184. The molecule has 0 saturated heterocycles. The number of amides is 3. The van der Waals surface area contributed by atoms with Crippen molar-refractivity contribution in [1.29, 1.82) is 0 Å². The summed E-state index contributed by atoms with van der Waals surface area (Å²) in [5.74, 6) is 1.04. The monoisotopic (exact) mass is 455 g/mol. The third-order valence-electron chi connectivity index (χ3n) is 5.09. The molecule has 1 unspecified atom stereocenters. The molecule has 0 aliphatic heterocycles. The van der Waals surface area contributed by atoms with E-state index in [4.69, 9.17) is 10.5 Å². The maximum absolute atomic E-state index is 12.7. The summed E-state index contributed by atoms with van der Waals surface area (Å²) in [5, 5.41) is 9.86. The molecule has 0 bridgehead atoms. The van der Waals surface area contributed by atoms with Gasteiger partial charge in [0.1, 0.15) is 11.5 Å². The lowest BCUT2D eigenvalue weighted by Gasteiger charge is -2.18.